The molecule has 0 radical (unpaired) electrons. The summed E-state index contributed by atoms with van der Waals surface area (Å²) in [6, 6.07) is 22.5. The monoisotopic (exact) mass is 465 g/mol. The number of para-hydroxylation sites is 1. The molecular formula is C22H16IN3O. The third kappa shape index (κ3) is 3.08. The lowest BCUT2D eigenvalue weighted by Crippen LogP contribution is -3.00. The first-order chi connectivity index (χ1) is 12.7. The number of H-pyrrole nitrogens is 1. The molecule has 2 N–H and O–H groups in total. The van der Waals surface area contributed by atoms with E-state index in [1.54, 1.807) is 0 Å². The van der Waals surface area contributed by atoms with Crippen LogP contribution in [0.1, 0.15) is 6.92 Å². The van der Waals surface area contributed by atoms with Gasteiger partial charge in [-0.25, -0.2) is 9.97 Å². The lowest BCUT2D eigenvalue weighted by atomic mass is 10.0. The fraction of sp³-hybridized carbons (Fsp3) is 0.0455. The van der Waals surface area contributed by atoms with Crippen LogP contribution in [0.2, 0.25) is 0 Å². The van der Waals surface area contributed by atoms with Crippen molar-refractivity contribution in [1.29, 1.82) is 0 Å². The lowest BCUT2D eigenvalue weighted by molar-refractivity contribution is -0.310. The molecule has 2 heterocycles. The van der Waals surface area contributed by atoms with Crippen molar-refractivity contribution in [3.63, 3.8) is 0 Å². The van der Waals surface area contributed by atoms with Crippen molar-refractivity contribution in [2.24, 2.45) is 0 Å². The van der Waals surface area contributed by atoms with Crippen molar-refractivity contribution in [3.8, 4) is 0 Å². The number of pyridine rings is 2. The third-order valence-electron chi connectivity index (χ3n) is 4.68. The van der Waals surface area contributed by atoms with Crippen molar-refractivity contribution in [3.05, 3.63) is 66.7 Å². The van der Waals surface area contributed by atoms with E-state index in [1.165, 1.54) is 6.92 Å². The van der Waals surface area contributed by atoms with Gasteiger partial charge in [0.25, 0.3) is 0 Å². The maximum Gasteiger partial charge on any atom is 0.221 e. The lowest BCUT2D eigenvalue weighted by Gasteiger charge is -2.05. The fourth-order valence-corrected chi connectivity index (χ4v) is 3.51. The number of fused-ring (bicyclic) bond motifs is 5. The first kappa shape index (κ1) is 17.6. The molecule has 0 unspecified atom stereocenters. The van der Waals surface area contributed by atoms with Crippen LogP contribution in [0.3, 0.4) is 0 Å². The standard InChI is InChI=1S/C22H15N3O.HI/c1-13(26)23-16-6-7-20-15(10-16)12-18-17-11-14-4-2-3-5-19(14)24-21(17)8-9-22(18)25-20;/h2-12H,1H3,(H,23,26);1H. The molecule has 0 fully saturated rings. The van der Waals surface area contributed by atoms with Crippen LogP contribution in [0.25, 0.3) is 43.6 Å². The van der Waals surface area contributed by atoms with Gasteiger partial charge in [-0.2, -0.15) is 0 Å². The van der Waals surface area contributed by atoms with Crippen LogP contribution in [0.5, 0.6) is 0 Å². The quantitative estimate of drug-likeness (QED) is 0.232. The molecule has 3 aromatic carbocycles. The molecule has 1 amide bonds. The predicted molar refractivity (Wildman–Crippen MR) is 105 cm³/mol. The van der Waals surface area contributed by atoms with Crippen molar-refractivity contribution in [2.45, 2.75) is 6.92 Å². The highest BCUT2D eigenvalue weighted by Crippen LogP contribution is 2.28. The summed E-state index contributed by atoms with van der Waals surface area (Å²) < 4.78 is 0. The highest BCUT2D eigenvalue weighted by Gasteiger charge is 2.11. The van der Waals surface area contributed by atoms with Gasteiger partial charge in [-0.3, -0.25) is 4.79 Å². The summed E-state index contributed by atoms with van der Waals surface area (Å²) in [5.74, 6) is -0.0739. The Morgan fingerprint density at radius 1 is 0.852 bits per heavy atom. The van der Waals surface area contributed by atoms with E-state index in [9.17, 15) is 4.79 Å². The van der Waals surface area contributed by atoms with E-state index in [0.29, 0.717) is 0 Å². The van der Waals surface area contributed by atoms with Crippen LogP contribution in [-0.2, 0) is 4.79 Å². The molecule has 0 spiro atoms. The number of hydrogen-bond donors (Lipinski definition) is 1. The number of hydrogen-bond acceptors (Lipinski definition) is 2. The Morgan fingerprint density at radius 2 is 1.63 bits per heavy atom. The van der Waals surface area contributed by atoms with E-state index in [1.807, 2.05) is 36.4 Å². The normalized spacial score (nSPS) is 11.0. The minimum Gasteiger partial charge on any atom is -1.00 e. The number of carbonyl (C=O) groups excluding carboxylic acids is 1. The zero-order valence-corrected chi connectivity index (χ0v) is 16.7. The van der Waals surface area contributed by atoms with Crippen LogP contribution < -0.4 is 34.3 Å². The molecule has 132 valence electrons. The molecule has 4 nitrogen and oxygen atoms in total. The second-order valence-corrected chi connectivity index (χ2v) is 6.53. The Hall–Kier alpha value is -2.80. The second kappa shape index (κ2) is 6.74. The van der Waals surface area contributed by atoms with Crippen molar-refractivity contribution < 1.29 is 33.8 Å². The Kier molecular flexibility index (Phi) is 4.39. The number of rotatable bonds is 1. The molecule has 0 saturated carbocycles. The van der Waals surface area contributed by atoms with E-state index in [-0.39, 0.29) is 29.9 Å². The predicted octanol–water partition coefficient (Wildman–Crippen LogP) is 1.47. The van der Waals surface area contributed by atoms with Gasteiger partial charge in [-0.05, 0) is 36.4 Å². The van der Waals surface area contributed by atoms with Crippen molar-refractivity contribution in [2.75, 3.05) is 5.32 Å². The van der Waals surface area contributed by atoms with E-state index >= 15 is 0 Å². The molecule has 0 aliphatic carbocycles. The summed E-state index contributed by atoms with van der Waals surface area (Å²) in [5, 5.41) is 7.25. The highest BCUT2D eigenvalue weighted by atomic mass is 127. The zero-order valence-electron chi connectivity index (χ0n) is 14.6. The Morgan fingerprint density at radius 3 is 2.48 bits per heavy atom. The molecule has 5 aromatic rings. The second-order valence-electron chi connectivity index (χ2n) is 6.53. The van der Waals surface area contributed by atoms with Gasteiger partial charge in [0.1, 0.15) is 0 Å². The molecule has 5 heteroatoms. The number of nitrogens with zero attached hydrogens (tertiary/aromatic N) is 1. The number of anilines is 1. The van der Waals surface area contributed by atoms with Crippen LogP contribution in [0, 0.1) is 0 Å². The Labute approximate surface area is 172 Å². The van der Waals surface area contributed by atoms with Gasteiger partial charge in [0, 0.05) is 40.9 Å². The topological polar surface area (TPSA) is 56.1 Å². The van der Waals surface area contributed by atoms with Gasteiger partial charge in [0.15, 0.2) is 0 Å². The smallest absolute Gasteiger partial charge is 0.221 e. The SMILES string of the molecule is CC(=O)Nc1ccc2[nH+]c3ccc4nc5ccccc5cc4c3cc2c1.[I-]. The maximum absolute atomic E-state index is 11.3. The average molecular weight is 465 g/mol. The first-order valence-corrected chi connectivity index (χ1v) is 8.53. The summed E-state index contributed by atoms with van der Waals surface area (Å²) in [6.45, 7) is 1.51. The summed E-state index contributed by atoms with van der Waals surface area (Å²) >= 11 is 0. The molecular weight excluding hydrogens is 449 g/mol. The first-order valence-electron chi connectivity index (χ1n) is 8.53. The molecule has 2 aromatic heterocycles. The van der Waals surface area contributed by atoms with Gasteiger partial charge in [0.2, 0.25) is 16.9 Å². The Balaban J connectivity index is 0.00000180. The van der Waals surface area contributed by atoms with E-state index in [2.05, 4.69) is 40.6 Å². The Bertz CT molecular complexity index is 1350. The molecule has 0 bridgehead atoms. The van der Waals surface area contributed by atoms with Gasteiger partial charge in [0.05, 0.1) is 16.4 Å². The van der Waals surface area contributed by atoms with Crippen LogP contribution in [0.15, 0.2) is 66.7 Å². The van der Waals surface area contributed by atoms with E-state index in [4.69, 9.17) is 4.98 Å². The average Bonchev–Trinajstić information content (AvgIpc) is 2.64. The summed E-state index contributed by atoms with van der Waals surface area (Å²) in [7, 11) is 0. The molecule has 27 heavy (non-hydrogen) atoms. The summed E-state index contributed by atoms with van der Waals surface area (Å²) in [6.07, 6.45) is 0. The largest absolute Gasteiger partial charge is 1.00 e. The van der Waals surface area contributed by atoms with Gasteiger partial charge in [-0.15, -0.1) is 0 Å². The van der Waals surface area contributed by atoms with Crippen molar-refractivity contribution >= 4 is 55.2 Å². The number of aromatic amines is 1. The number of amides is 1. The third-order valence-corrected chi connectivity index (χ3v) is 4.68. The maximum atomic E-state index is 11.3. The van der Waals surface area contributed by atoms with Gasteiger partial charge >= 0.3 is 0 Å². The molecule has 0 atom stereocenters. The van der Waals surface area contributed by atoms with Crippen LogP contribution in [0.4, 0.5) is 5.69 Å². The van der Waals surface area contributed by atoms with Gasteiger partial charge < -0.3 is 29.3 Å². The summed E-state index contributed by atoms with van der Waals surface area (Å²) in [4.78, 5) is 19.6. The minimum atomic E-state index is -0.0739. The minimum absolute atomic E-state index is 0. The number of aromatic nitrogens is 2. The molecule has 5 rings (SSSR count). The van der Waals surface area contributed by atoms with Crippen LogP contribution >= 0.6 is 0 Å². The summed E-state index contributed by atoms with van der Waals surface area (Å²) in [5.41, 5.74) is 4.86. The fourth-order valence-electron chi connectivity index (χ4n) is 3.51. The number of benzene rings is 3. The zero-order chi connectivity index (χ0) is 17.7. The molecule has 0 aliphatic rings. The van der Waals surface area contributed by atoms with E-state index < -0.39 is 0 Å². The van der Waals surface area contributed by atoms with Crippen LogP contribution in [-0.4, -0.2) is 10.9 Å². The van der Waals surface area contributed by atoms with E-state index in [0.717, 1.165) is 49.3 Å². The highest BCUT2D eigenvalue weighted by molar-refractivity contribution is 6.10. The number of carbonyl (C=O) groups is 1. The molecule has 0 aliphatic heterocycles. The number of halogens is 1. The van der Waals surface area contributed by atoms with Gasteiger partial charge in [-0.1, -0.05) is 18.2 Å². The van der Waals surface area contributed by atoms with Crippen molar-refractivity contribution in [1.82, 2.24) is 4.98 Å². The molecule has 0 saturated heterocycles. The number of nitrogens with one attached hydrogen (secondary N) is 2.